The fourth-order valence-corrected chi connectivity index (χ4v) is 2.70. The zero-order valence-corrected chi connectivity index (χ0v) is 12.4. The monoisotopic (exact) mass is 312 g/mol. The Morgan fingerprint density at radius 2 is 1.62 bits per heavy atom. The molecule has 0 aliphatic rings. The van der Waals surface area contributed by atoms with Gasteiger partial charge in [0.25, 0.3) is 0 Å². The van der Waals surface area contributed by atoms with Crippen LogP contribution in [0.15, 0.2) is 48.5 Å². The molecule has 2 aromatic rings. The Hall–Kier alpha value is -1.48. The summed E-state index contributed by atoms with van der Waals surface area (Å²) in [5, 5.41) is -0.238. The molecule has 0 heterocycles. The van der Waals surface area contributed by atoms with Gasteiger partial charge in [0, 0.05) is 0 Å². The molecule has 0 aliphatic carbocycles. The van der Waals surface area contributed by atoms with Gasteiger partial charge in [0.2, 0.25) is 0 Å². The SMILES string of the molecule is CCc1ccccc1C(Cl)Cc1ccc(C(F)(F)F)cc1. The van der Waals surface area contributed by atoms with Gasteiger partial charge in [0.05, 0.1) is 10.9 Å². The first-order chi connectivity index (χ1) is 9.91. The summed E-state index contributed by atoms with van der Waals surface area (Å²) in [4.78, 5) is 0. The van der Waals surface area contributed by atoms with Crippen molar-refractivity contribution in [3.63, 3.8) is 0 Å². The van der Waals surface area contributed by atoms with E-state index in [9.17, 15) is 13.2 Å². The molecule has 0 amide bonds. The quantitative estimate of drug-likeness (QED) is 0.627. The van der Waals surface area contributed by atoms with Crippen molar-refractivity contribution >= 4 is 11.6 Å². The fourth-order valence-electron chi connectivity index (χ4n) is 2.31. The van der Waals surface area contributed by atoms with E-state index >= 15 is 0 Å². The summed E-state index contributed by atoms with van der Waals surface area (Å²) in [6.45, 7) is 2.06. The van der Waals surface area contributed by atoms with Crippen LogP contribution in [0.3, 0.4) is 0 Å². The van der Waals surface area contributed by atoms with E-state index in [2.05, 4.69) is 6.92 Å². The van der Waals surface area contributed by atoms with E-state index < -0.39 is 11.7 Å². The Balaban J connectivity index is 2.14. The third-order valence-corrected chi connectivity index (χ3v) is 3.86. The molecule has 0 fully saturated rings. The molecule has 1 atom stereocenters. The number of rotatable bonds is 4. The van der Waals surface area contributed by atoms with Crippen LogP contribution in [0.4, 0.5) is 13.2 Å². The molecule has 0 radical (unpaired) electrons. The zero-order valence-electron chi connectivity index (χ0n) is 11.6. The van der Waals surface area contributed by atoms with E-state index in [4.69, 9.17) is 11.6 Å². The van der Waals surface area contributed by atoms with Crippen molar-refractivity contribution in [1.29, 1.82) is 0 Å². The summed E-state index contributed by atoms with van der Waals surface area (Å²) >= 11 is 6.43. The van der Waals surface area contributed by atoms with Crippen LogP contribution in [0.1, 0.15) is 34.6 Å². The third kappa shape index (κ3) is 4.01. The third-order valence-electron chi connectivity index (χ3n) is 3.47. The molecule has 0 nitrogen and oxygen atoms in total. The van der Waals surface area contributed by atoms with Crippen LogP contribution in [0.5, 0.6) is 0 Å². The van der Waals surface area contributed by atoms with Crippen LogP contribution in [-0.2, 0) is 19.0 Å². The van der Waals surface area contributed by atoms with Crippen LogP contribution >= 0.6 is 11.6 Å². The molecule has 0 saturated carbocycles. The van der Waals surface area contributed by atoms with E-state index in [0.717, 1.165) is 29.7 Å². The van der Waals surface area contributed by atoms with E-state index in [1.54, 1.807) is 0 Å². The molecule has 0 saturated heterocycles. The Morgan fingerprint density at radius 1 is 1.00 bits per heavy atom. The van der Waals surface area contributed by atoms with Crippen LogP contribution in [-0.4, -0.2) is 0 Å². The lowest BCUT2D eigenvalue weighted by atomic mass is 9.97. The molecule has 1 unspecified atom stereocenters. The molecule has 0 bridgehead atoms. The highest BCUT2D eigenvalue weighted by Crippen LogP contribution is 2.31. The number of aryl methyl sites for hydroxylation is 1. The normalized spacial score (nSPS) is 13.2. The first-order valence-corrected chi connectivity index (χ1v) is 7.23. The van der Waals surface area contributed by atoms with Gasteiger partial charge in [-0.05, 0) is 41.7 Å². The smallest absolute Gasteiger partial charge is 0.166 e. The summed E-state index contributed by atoms with van der Waals surface area (Å²) in [6.07, 6.45) is -2.91. The number of hydrogen-bond donors (Lipinski definition) is 0. The van der Waals surface area contributed by atoms with Crippen molar-refractivity contribution in [2.24, 2.45) is 0 Å². The summed E-state index contributed by atoms with van der Waals surface area (Å²) < 4.78 is 37.6. The average Bonchev–Trinajstić information content (AvgIpc) is 2.46. The fraction of sp³-hybridized carbons (Fsp3) is 0.294. The molecule has 0 N–H and O–H groups in total. The molecule has 112 valence electrons. The van der Waals surface area contributed by atoms with Crippen molar-refractivity contribution in [2.75, 3.05) is 0 Å². The average molecular weight is 313 g/mol. The predicted molar refractivity (Wildman–Crippen MR) is 79.6 cm³/mol. The second-order valence-electron chi connectivity index (χ2n) is 4.92. The van der Waals surface area contributed by atoms with Gasteiger partial charge >= 0.3 is 6.18 Å². The Kier molecular flexibility index (Phi) is 4.94. The van der Waals surface area contributed by atoms with Crippen molar-refractivity contribution in [1.82, 2.24) is 0 Å². The molecular formula is C17H16ClF3. The predicted octanol–water partition coefficient (Wildman–Crippen LogP) is 5.79. The second kappa shape index (κ2) is 6.52. The molecule has 21 heavy (non-hydrogen) atoms. The summed E-state index contributed by atoms with van der Waals surface area (Å²) in [5.41, 5.74) is 2.38. The Labute approximate surface area is 127 Å². The number of hydrogen-bond acceptors (Lipinski definition) is 0. The van der Waals surface area contributed by atoms with Gasteiger partial charge in [-0.1, -0.05) is 43.3 Å². The molecule has 0 aliphatic heterocycles. The van der Waals surface area contributed by atoms with Gasteiger partial charge in [0.15, 0.2) is 0 Å². The molecule has 0 spiro atoms. The minimum absolute atomic E-state index is 0.238. The number of alkyl halides is 4. The molecule has 2 rings (SSSR count). The summed E-state index contributed by atoms with van der Waals surface area (Å²) in [5.74, 6) is 0. The van der Waals surface area contributed by atoms with Gasteiger partial charge in [0.1, 0.15) is 0 Å². The Morgan fingerprint density at radius 3 is 2.19 bits per heavy atom. The van der Waals surface area contributed by atoms with Crippen LogP contribution in [0, 0.1) is 0 Å². The maximum Gasteiger partial charge on any atom is 0.416 e. The minimum Gasteiger partial charge on any atom is -0.166 e. The van der Waals surface area contributed by atoms with Gasteiger partial charge in [-0.15, -0.1) is 11.6 Å². The van der Waals surface area contributed by atoms with Gasteiger partial charge in [-0.2, -0.15) is 13.2 Å². The lowest BCUT2D eigenvalue weighted by Gasteiger charge is -2.14. The molecule has 4 heteroatoms. The second-order valence-corrected chi connectivity index (χ2v) is 5.45. The summed E-state index contributed by atoms with van der Waals surface area (Å²) in [6, 6.07) is 13.1. The largest absolute Gasteiger partial charge is 0.416 e. The maximum atomic E-state index is 12.5. The van der Waals surface area contributed by atoms with E-state index in [0.29, 0.717) is 6.42 Å². The van der Waals surface area contributed by atoms with Gasteiger partial charge < -0.3 is 0 Å². The van der Waals surface area contributed by atoms with Crippen LogP contribution < -0.4 is 0 Å². The van der Waals surface area contributed by atoms with Gasteiger partial charge in [-0.25, -0.2) is 0 Å². The number of benzene rings is 2. The first kappa shape index (κ1) is 15.9. The van der Waals surface area contributed by atoms with Crippen molar-refractivity contribution in [3.05, 3.63) is 70.8 Å². The van der Waals surface area contributed by atoms with E-state index in [1.807, 2.05) is 24.3 Å². The molecular weight excluding hydrogens is 297 g/mol. The summed E-state index contributed by atoms with van der Waals surface area (Å²) in [7, 11) is 0. The lowest BCUT2D eigenvalue weighted by Crippen LogP contribution is -2.05. The topological polar surface area (TPSA) is 0 Å². The maximum absolute atomic E-state index is 12.5. The minimum atomic E-state index is -4.30. The van der Waals surface area contributed by atoms with E-state index in [1.165, 1.54) is 17.7 Å². The van der Waals surface area contributed by atoms with Crippen molar-refractivity contribution in [3.8, 4) is 0 Å². The lowest BCUT2D eigenvalue weighted by molar-refractivity contribution is -0.137. The highest BCUT2D eigenvalue weighted by atomic mass is 35.5. The zero-order chi connectivity index (χ0) is 15.5. The van der Waals surface area contributed by atoms with Gasteiger partial charge in [-0.3, -0.25) is 0 Å². The van der Waals surface area contributed by atoms with Crippen molar-refractivity contribution < 1.29 is 13.2 Å². The van der Waals surface area contributed by atoms with Crippen LogP contribution in [0.25, 0.3) is 0 Å². The number of halogens is 4. The standard InChI is InChI=1S/C17H16ClF3/c1-2-13-5-3-4-6-15(13)16(18)11-12-7-9-14(10-8-12)17(19,20)21/h3-10,16H,2,11H2,1H3. The Bertz CT molecular complexity index is 588. The molecule has 2 aromatic carbocycles. The first-order valence-electron chi connectivity index (χ1n) is 6.80. The van der Waals surface area contributed by atoms with Crippen molar-refractivity contribution in [2.45, 2.75) is 31.3 Å². The van der Waals surface area contributed by atoms with Crippen LogP contribution in [0.2, 0.25) is 0 Å². The highest BCUT2D eigenvalue weighted by Gasteiger charge is 2.30. The molecule has 0 aromatic heterocycles. The highest BCUT2D eigenvalue weighted by molar-refractivity contribution is 6.21. The van der Waals surface area contributed by atoms with E-state index in [-0.39, 0.29) is 5.38 Å².